The molecule has 1 aliphatic rings. The SMILES string of the molecule is O=C(O)OC1C=CC=C(Cc2ccccc2)C1=Cc1ccccc1O. The second kappa shape index (κ2) is 7.53. The number of rotatable bonds is 4. The van der Waals surface area contributed by atoms with Gasteiger partial charge in [-0.1, -0.05) is 60.7 Å². The van der Waals surface area contributed by atoms with Crippen LogP contribution in [0.15, 0.2) is 84.0 Å². The van der Waals surface area contributed by atoms with Crippen LogP contribution in [0.5, 0.6) is 5.75 Å². The molecule has 0 aromatic heterocycles. The molecule has 4 heteroatoms. The van der Waals surface area contributed by atoms with Gasteiger partial charge in [-0.2, -0.15) is 0 Å². The molecular weight excluding hydrogens is 316 g/mol. The van der Waals surface area contributed by atoms with Gasteiger partial charge in [-0.3, -0.25) is 0 Å². The van der Waals surface area contributed by atoms with Crippen molar-refractivity contribution in [3.05, 3.63) is 95.1 Å². The van der Waals surface area contributed by atoms with Crippen LogP contribution in [0.4, 0.5) is 4.79 Å². The number of aromatic hydroxyl groups is 1. The van der Waals surface area contributed by atoms with Gasteiger partial charge in [0.25, 0.3) is 0 Å². The van der Waals surface area contributed by atoms with Crippen LogP contribution in [0.25, 0.3) is 6.08 Å². The van der Waals surface area contributed by atoms with Gasteiger partial charge in [0.15, 0.2) is 0 Å². The van der Waals surface area contributed by atoms with Crippen molar-refractivity contribution in [2.75, 3.05) is 0 Å². The highest BCUT2D eigenvalue weighted by molar-refractivity contribution is 5.68. The van der Waals surface area contributed by atoms with Crippen LogP contribution in [-0.4, -0.2) is 22.5 Å². The molecule has 3 rings (SSSR count). The average molecular weight is 334 g/mol. The first kappa shape index (κ1) is 16.6. The van der Waals surface area contributed by atoms with Gasteiger partial charge in [0.2, 0.25) is 0 Å². The van der Waals surface area contributed by atoms with Gasteiger partial charge in [0, 0.05) is 11.1 Å². The van der Waals surface area contributed by atoms with Gasteiger partial charge in [0.1, 0.15) is 11.9 Å². The van der Waals surface area contributed by atoms with E-state index in [0.29, 0.717) is 12.0 Å². The van der Waals surface area contributed by atoms with Gasteiger partial charge < -0.3 is 14.9 Å². The first-order valence-electron chi connectivity index (χ1n) is 7.94. The Morgan fingerprint density at radius 1 is 1.08 bits per heavy atom. The van der Waals surface area contributed by atoms with Crippen molar-refractivity contribution in [3.8, 4) is 5.75 Å². The minimum Gasteiger partial charge on any atom is -0.507 e. The number of carboxylic acid groups (broad SMARTS) is 1. The summed E-state index contributed by atoms with van der Waals surface area (Å²) in [6.45, 7) is 0. The van der Waals surface area contributed by atoms with E-state index in [9.17, 15) is 9.90 Å². The van der Waals surface area contributed by atoms with Crippen molar-refractivity contribution >= 4 is 12.2 Å². The molecule has 25 heavy (non-hydrogen) atoms. The molecule has 126 valence electrons. The summed E-state index contributed by atoms with van der Waals surface area (Å²) in [6.07, 6.45) is 5.81. The zero-order valence-electron chi connectivity index (χ0n) is 13.5. The summed E-state index contributed by atoms with van der Waals surface area (Å²) in [5.74, 6) is 0.137. The Labute approximate surface area is 146 Å². The molecule has 0 bridgehead atoms. The van der Waals surface area contributed by atoms with Crippen LogP contribution < -0.4 is 0 Å². The Balaban J connectivity index is 1.99. The molecule has 4 nitrogen and oxygen atoms in total. The molecule has 0 heterocycles. The fourth-order valence-electron chi connectivity index (χ4n) is 2.80. The highest BCUT2D eigenvalue weighted by Gasteiger charge is 2.22. The Hall–Kier alpha value is -3.27. The second-order valence-corrected chi connectivity index (χ2v) is 5.70. The summed E-state index contributed by atoms with van der Waals surface area (Å²) in [5, 5.41) is 19.1. The molecule has 0 saturated carbocycles. The topological polar surface area (TPSA) is 66.8 Å². The van der Waals surface area contributed by atoms with Gasteiger partial charge in [-0.05, 0) is 35.8 Å². The van der Waals surface area contributed by atoms with Crippen molar-refractivity contribution in [2.24, 2.45) is 0 Å². The Kier molecular flexibility index (Phi) is 5.00. The first-order chi connectivity index (χ1) is 12.1. The molecule has 1 aliphatic carbocycles. The molecule has 1 atom stereocenters. The predicted molar refractivity (Wildman–Crippen MR) is 96.4 cm³/mol. The molecule has 0 spiro atoms. The lowest BCUT2D eigenvalue weighted by molar-refractivity contribution is 0.0805. The zero-order chi connectivity index (χ0) is 17.6. The number of para-hydroxylation sites is 1. The highest BCUT2D eigenvalue weighted by Crippen LogP contribution is 2.30. The molecule has 0 radical (unpaired) electrons. The van der Waals surface area contributed by atoms with Crippen LogP contribution in [0.2, 0.25) is 0 Å². The van der Waals surface area contributed by atoms with E-state index in [4.69, 9.17) is 9.84 Å². The van der Waals surface area contributed by atoms with Gasteiger partial charge >= 0.3 is 6.16 Å². The fraction of sp³-hybridized carbons (Fsp3) is 0.0952. The van der Waals surface area contributed by atoms with Gasteiger partial charge in [0.05, 0.1) is 0 Å². The Bertz CT molecular complexity index is 847. The summed E-state index contributed by atoms with van der Waals surface area (Å²) in [6, 6.07) is 16.8. The summed E-state index contributed by atoms with van der Waals surface area (Å²) in [4.78, 5) is 11.0. The smallest absolute Gasteiger partial charge is 0.506 e. The molecule has 2 aromatic carbocycles. The lowest BCUT2D eigenvalue weighted by Crippen LogP contribution is -2.20. The molecular formula is C21H18O4. The maximum Gasteiger partial charge on any atom is 0.506 e. The van der Waals surface area contributed by atoms with Gasteiger partial charge in [-0.15, -0.1) is 0 Å². The van der Waals surface area contributed by atoms with E-state index >= 15 is 0 Å². The number of hydrogen-bond donors (Lipinski definition) is 2. The van der Waals surface area contributed by atoms with Crippen LogP contribution >= 0.6 is 0 Å². The fourth-order valence-corrected chi connectivity index (χ4v) is 2.80. The summed E-state index contributed by atoms with van der Waals surface area (Å²) in [5.41, 5.74) is 3.39. The Morgan fingerprint density at radius 3 is 2.52 bits per heavy atom. The quantitative estimate of drug-likeness (QED) is 0.803. The minimum atomic E-state index is -1.33. The van der Waals surface area contributed by atoms with E-state index in [1.807, 2.05) is 42.5 Å². The number of allylic oxidation sites excluding steroid dienone is 2. The maximum atomic E-state index is 11.0. The third kappa shape index (κ3) is 4.18. The maximum absolute atomic E-state index is 11.0. The van der Waals surface area contributed by atoms with Crippen molar-refractivity contribution in [1.29, 1.82) is 0 Å². The lowest BCUT2D eigenvalue weighted by atomic mass is 9.89. The molecule has 0 amide bonds. The monoisotopic (exact) mass is 334 g/mol. The number of hydrogen-bond acceptors (Lipinski definition) is 3. The number of benzene rings is 2. The third-order valence-electron chi connectivity index (χ3n) is 3.97. The van der Waals surface area contributed by atoms with Crippen molar-refractivity contribution in [1.82, 2.24) is 0 Å². The normalized spacial score (nSPS) is 18.0. The van der Waals surface area contributed by atoms with Crippen LogP contribution in [0.3, 0.4) is 0 Å². The number of ether oxygens (including phenoxy) is 1. The third-order valence-corrected chi connectivity index (χ3v) is 3.97. The minimum absolute atomic E-state index is 0.137. The summed E-state index contributed by atoms with van der Waals surface area (Å²) >= 11 is 0. The summed E-state index contributed by atoms with van der Waals surface area (Å²) in [7, 11) is 0. The molecule has 2 N–H and O–H groups in total. The van der Waals surface area contributed by atoms with Crippen LogP contribution in [0, 0.1) is 0 Å². The van der Waals surface area contributed by atoms with Crippen molar-refractivity contribution < 1.29 is 19.7 Å². The molecule has 1 unspecified atom stereocenters. The van der Waals surface area contributed by atoms with E-state index in [0.717, 1.165) is 16.7 Å². The molecule has 0 saturated heterocycles. The molecule has 2 aromatic rings. The standard InChI is InChI=1S/C21H18O4/c22-19-11-5-4-9-17(19)14-18-16(13-15-7-2-1-3-8-15)10-6-12-20(18)25-21(23)24/h1-12,14,20,22H,13H2,(H,23,24). The molecule has 0 aliphatic heterocycles. The van der Waals surface area contributed by atoms with E-state index in [1.54, 1.807) is 36.4 Å². The average Bonchev–Trinajstić information content (AvgIpc) is 2.60. The van der Waals surface area contributed by atoms with Crippen LogP contribution in [0.1, 0.15) is 11.1 Å². The summed E-state index contributed by atoms with van der Waals surface area (Å²) < 4.78 is 5.02. The van der Waals surface area contributed by atoms with Crippen LogP contribution in [-0.2, 0) is 11.2 Å². The van der Waals surface area contributed by atoms with E-state index in [-0.39, 0.29) is 5.75 Å². The van der Waals surface area contributed by atoms with Crippen molar-refractivity contribution in [2.45, 2.75) is 12.5 Å². The number of phenolic OH excluding ortho intramolecular Hbond substituents is 1. The van der Waals surface area contributed by atoms with Crippen molar-refractivity contribution in [3.63, 3.8) is 0 Å². The van der Waals surface area contributed by atoms with E-state index in [2.05, 4.69) is 0 Å². The Morgan fingerprint density at radius 2 is 1.80 bits per heavy atom. The second-order valence-electron chi connectivity index (χ2n) is 5.70. The number of carbonyl (C=O) groups is 1. The van der Waals surface area contributed by atoms with E-state index in [1.165, 1.54) is 0 Å². The highest BCUT2D eigenvalue weighted by atomic mass is 16.7. The largest absolute Gasteiger partial charge is 0.507 e. The van der Waals surface area contributed by atoms with Gasteiger partial charge in [-0.25, -0.2) is 4.79 Å². The van der Waals surface area contributed by atoms with E-state index < -0.39 is 12.3 Å². The zero-order valence-corrected chi connectivity index (χ0v) is 13.5. The predicted octanol–water partition coefficient (Wildman–Crippen LogP) is 4.58. The lowest BCUT2D eigenvalue weighted by Gasteiger charge is -2.22. The number of phenols is 1. The first-order valence-corrected chi connectivity index (χ1v) is 7.94. The molecule has 0 fully saturated rings.